The second-order valence-corrected chi connectivity index (χ2v) is 5.14. The molecule has 0 aliphatic rings. The van der Waals surface area contributed by atoms with Crippen LogP contribution in [0, 0.1) is 5.92 Å². The summed E-state index contributed by atoms with van der Waals surface area (Å²) in [6, 6.07) is 6.91. The van der Waals surface area contributed by atoms with Crippen molar-refractivity contribution in [3.05, 3.63) is 29.3 Å². The molecule has 0 aromatic heterocycles. The van der Waals surface area contributed by atoms with Crippen molar-refractivity contribution in [3.63, 3.8) is 0 Å². The molecule has 0 unspecified atom stereocenters. The Hall–Kier alpha value is -1.55. The van der Waals surface area contributed by atoms with Crippen molar-refractivity contribution >= 4 is 29.1 Å². The molecule has 0 fully saturated rings. The van der Waals surface area contributed by atoms with E-state index in [1.54, 1.807) is 24.3 Å². The van der Waals surface area contributed by atoms with Gasteiger partial charge in [-0.15, -0.1) is 0 Å². The van der Waals surface area contributed by atoms with Crippen molar-refractivity contribution in [1.29, 1.82) is 0 Å². The summed E-state index contributed by atoms with van der Waals surface area (Å²) in [6.45, 7) is 4.75. The highest BCUT2D eigenvalue weighted by Crippen LogP contribution is 2.20. The van der Waals surface area contributed by atoms with E-state index in [0.29, 0.717) is 23.2 Å². The normalized spacial score (nSPS) is 10.3. The van der Waals surface area contributed by atoms with E-state index in [2.05, 4.69) is 24.5 Å². The van der Waals surface area contributed by atoms with Crippen LogP contribution in [0.2, 0.25) is 5.02 Å². The summed E-state index contributed by atoms with van der Waals surface area (Å²) in [7, 11) is 0. The smallest absolute Gasteiger partial charge is 0.233 e. The summed E-state index contributed by atoms with van der Waals surface area (Å²) < 4.78 is 0. The highest BCUT2D eigenvalue weighted by Gasteiger charge is 2.10. The highest BCUT2D eigenvalue weighted by molar-refractivity contribution is 6.33. The van der Waals surface area contributed by atoms with Gasteiger partial charge in [0.2, 0.25) is 11.8 Å². The van der Waals surface area contributed by atoms with Gasteiger partial charge >= 0.3 is 0 Å². The Labute approximate surface area is 118 Å². The minimum atomic E-state index is -0.366. The largest absolute Gasteiger partial charge is 0.356 e. The number of amides is 2. The van der Waals surface area contributed by atoms with Crippen LogP contribution in [0.3, 0.4) is 0 Å². The topological polar surface area (TPSA) is 58.2 Å². The molecule has 0 saturated carbocycles. The van der Waals surface area contributed by atoms with Crippen molar-refractivity contribution in [2.45, 2.75) is 26.7 Å². The summed E-state index contributed by atoms with van der Waals surface area (Å²) in [5.74, 6) is -0.113. The van der Waals surface area contributed by atoms with Crippen molar-refractivity contribution in [1.82, 2.24) is 5.32 Å². The summed E-state index contributed by atoms with van der Waals surface area (Å²) in [4.78, 5) is 23.1. The number of nitrogens with one attached hydrogen (secondary N) is 2. The first-order chi connectivity index (χ1) is 8.99. The Morgan fingerprint density at radius 1 is 1.21 bits per heavy atom. The van der Waals surface area contributed by atoms with Gasteiger partial charge in [-0.3, -0.25) is 9.59 Å². The lowest BCUT2D eigenvalue weighted by atomic mass is 10.1. The Balaban J connectivity index is 2.35. The molecule has 0 aliphatic heterocycles. The summed E-state index contributed by atoms with van der Waals surface area (Å²) in [5.41, 5.74) is 0.518. The second-order valence-electron chi connectivity index (χ2n) is 4.74. The lowest BCUT2D eigenvalue weighted by Gasteiger charge is -2.08. The zero-order valence-electron chi connectivity index (χ0n) is 11.2. The number of halogens is 1. The zero-order valence-corrected chi connectivity index (χ0v) is 12.0. The molecule has 19 heavy (non-hydrogen) atoms. The summed E-state index contributed by atoms with van der Waals surface area (Å²) in [5, 5.41) is 5.78. The maximum atomic E-state index is 11.6. The van der Waals surface area contributed by atoms with Gasteiger partial charge in [0.1, 0.15) is 6.42 Å². The van der Waals surface area contributed by atoms with Gasteiger partial charge < -0.3 is 10.6 Å². The average molecular weight is 283 g/mol. The highest BCUT2D eigenvalue weighted by atomic mass is 35.5. The SMILES string of the molecule is CC(C)CCNC(=O)CC(=O)Nc1ccccc1Cl. The molecule has 0 spiro atoms. The third-order valence-electron chi connectivity index (χ3n) is 2.51. The van der Waals surface area contributed by atoms with Crippen LogP contribution in [0.15, 0.2) is 24.3 Å². The van der Waals surface area contributed by atoms with Gasteiger partial charge in [-0.05, 0) is 24.5 Å². The Morgan fingerprint density at radius 2 is 1.89 bits per heavy atom. The molecule has 0 radical (unpaired) electrons. The van der Waals surface area contributed by atoms with Crippen molar-refractivity contribution in [2.75, 3.05) is 11.9 Å². The molecule has 1 aromatic rings. The molecule has 2 amide bonds. The predicted octanol–water partition coefficient (Wildman–Crippen LogP) is 2.83. The van der Waals surface area contributed by atoms with Gasteiger partial charge in [-0.25, -0.2) is 0 Å². The van der Waals surface area contributed by atoms with Gasteiger partial charge in [0, 0.05) is 6.54 Å². The number of anilines is 1. The van der Waals surface area contributed by atoms with E-state index < -0.39 is 0 Å². The Kier molecular flexibility index (Phi) is 6.36. The molecule has 0 aliphatic carbocycles. The fraction of sp³-hybridized carbons (Fsp3) is 0.429. The number of benzene rings is 1. The molecule has 4 nitrogen and oxygen atoms in total. The standard InChI is InChI=1S/C14H19ClN2O2/c1-10(2)7-8-16-13(18)9-14(19)17-12-6-4-3-5-11(12)15/h3-6,10H,7-9H2,1-2H3,(H,16,18)(H,17,19). The molecule has 104 valence electrons. The van der Waals surface area contributed by atoms with E-state index in [1.165, 1.54) is 0 Å². The quantitative estimate of drug-likeness (QED) is 0.788. The number of hydrogen-bond acceptors (Lipinski definition) is 2. The van der Waals surface area contributed by atoms with Gasteiger partial charge in [-0.2, -0.15) is 0 Å². The molecule has 0 heterocycles. The molecule has 5 heteroatoms. The first kappa shape index (κ1) is 15.5. The van der Waals surface area contributed by atoms with Crippen molar-refractivity contribution in [2.24, 2.45) is 5.92 Å². The number of carbonyl (C=O) groups is 2. The number of carbonyl (C=O) groups excluding carboxylic acids is 2. The van der Waals surface area contributed by atoms with Crippen LogP contribution < -0.4 is 10.6 Å². The fourth-order valence-electron chi connectivity index (χ4n) is 1.47. The molecular formula is C14H19ClN2O2. The second kappa shape index (κ2) is 7.79. The van der Waals surface area contributed by atoms with Gasteiger partial charge in [0.05, 0.1) is 10.7 Å². The molecule has 1 rings (SSSR count). The summed E-state index contributed by atoms with van der Waals surface area (Å²) >= 11 is 5.91. The first-order valence-electron chi connectivity index (χ1n) is 6.30. The van der Waals surface area contributed by atoms with Crippen LogP contribution in [0.5, 0.6) is 0 Å². The fourth-order valence-corrected chi connectivity index (χ4v) is 1.65. The van der Waals surface area contributed by atoms with Crippen LogP contribution >= 0.6 is 11.6 Å². The van der Waals surface area contributed by atoms with Crippen LogP contribution in [0.25, 0.3) is 0 Å². The zero-order chi connectivity index (χ0) is 14.3. The third-order valence-corrected chi connectivity index (χ3v) is 2.84. The van der Waals surface area contributed by atoms with E-state index in [4.69, 9.17) is 11.6 Å². The first-order valence-corrected chi connectivity index (χ1v) is 6.68. The van der Waals surface area contributed by atoms with Crippen LogP contribution in [-0.2, 0) is 9.59 Å². The van der Waals surface area contributed by atoms with Gasteiger partial charge in [0.25, 0.3) is 0 Å². The number of rotatable bonds is 6. The van der Waals surface area contributed by atoms with Crippen molar-refractivity contribution in [3.8, 4) is 0 Å². The Bertz CT molecular complexity index is 447. The van der Waals surface area contributed by atoms with E-state index in [1.807, 2.05) is 0 Å². The molecule has 0 bridgehead atoms. The number of hydrogen-bond donors (Lipinski definition) is 2. The molecule has 2 N–H and O–H groups in total. The van der Waals surface area contributed by atoms with Crippen LogP contribution in [0.4, 0.5) is 5.69 Å². The lowest BCUT2D eigenvalue weighted by molar-refractivity contribution is -0.126. The summed E-state index contributed by atoms with van der Waals surface area (Å²) in [6.07, 6.45) is 0.710. The monoisotopic (exact) mass is 282 g/mol. The van der Waals surface area contributed by atoms with Crippen LogP contribution in [0.1, 0.15) is 26.7 Å². The number of para-hydroxylation sites is 1. The van der Waals surface area contributed by atoms with E-state index >= 15 is 0 Å². The van der Waals surface area contributed by atoms with Crippen LogP contribution in [-0.4, -0.2) is 18.4 Å². The van der Waals surface area contributed by atoms with Gasteiger partial charge in [-0.1, -0.05) is 37.6 Å². The maximum Gasteiger partial charge on any atom is 0.233 e. The lowest BCUT2D eigenvalue weighted by Crippen LogP contribution is -2.29. The predicted molar refractivity (Wildman–Crippen MR) is 77.2 cm³/mol. The van der Waals surface area contributed by atoms with E-state index in [-0.39, 0.29) is 18.2 Å². The molecule has 0 atom stereocenters. The van der Waals surface area contributed by atoms with Gasteiger partial charge in [0.15, 0.2) is 0 Å². The van der Waals surface area contributed by atoms with Crippen molar-refractivity contribution < 1.29 is 9.59 Å². The van der Waals surface area contributed by atoms with E-state index in [9.17, 15) is 9.59 Å². The molecule has 0 saturated heterocycles. The third kappa shape index (κ3) is 6.25. The maximum absolute atomic E-state index is 11.6. The molecular weight excluding hydrogens is 264 g/mol. The minimum absolute atomic E-state index is 0.191. The van der Waals surface area contributed by atoms with E-state index in [0.717, 1.165) is 6.42 Å². The minimum Gasteiger partial charge on any atom is -0.356 e. The molecule has 1 aromatic carbocycles. The Morgan fingerprint density at radius 3 is 2.53 bits per heavy atom. The average Bonchev–Trinajstić information content (AvgIpc) is 2.31.